The number of methoxy groups -OCH3 is 1. The van der Waals surface area contributed by atoms with Crippen LogP contribution >= 0.6 is 11.6 Å². The van der Waals surface area contributed by atoms with Crippen molar-refractivity contribution in [3.8, 4) is 5.75 Å². The number of carbonyl (C=O) groups is 2. The third-order valence-corrected chi connectivity index (χ3v) is 6.39. The van der Waals surface area contributed by atoms with Crippen molar-refractivity contribution in [3.63, 3.8) is 0 Å². The Kier molecular flexibility index (Phi) is 8.11. The van der Waals surface area contributed by atoms with Crippen LogP contribution in [0.3, 0.4) is 0 Å². The van der Waals surface area contributed by atoms with E-state index in [-0.39, 0.29) is 23.6 Å². The van der Waals surface area contributed by atoms with Gasteiger partial charge >= 0.3 is 12.1 Å². The maximum absolute atomic E-state index is 13.2. The number of amides is 1. The molecular formula is C27H25ClF3N3O4. The Balaban J connectivity index is 1.43. The molecule has 1 aliphatic rings. The molecule has 1 aromatic heterocycles. The van der Waals surface area contributed by atoms with Crippen LogP contribution in [0.25, 0.3) is 0 Å². The van der Waals surface area contributed by atoms with Crippen LogP contribution in [0.4, 0.5) is 19.0 Å². The van der Waals surface area contributed by atoms with Gasteiger partial charge < -0.3 is 19.7 Å². The molecule has 1 N–H and O–H groups in total. The fraction of sp³-hybridized carbons (Fsp3) is 0.296. The van der Waals surface area contributed by atoms with E-state index in [2.05, 4.69) is 10.3 Å². The van der Waals surface area contributed by atoms with Crippen molar-refractivity contribution in [2.45, 2.75) is 31.7 Å². The van der Waals surface area contributed by atoms with Gasteiger partial charge in [-0.3, -0.25) is 4.79 Å². The zero-order valence-electron chi connectivity index (χ0n) is 20.6. The molecule has 200 valence electrons. The summed E-state index contributed by atoms with van der Waals surface area (Å²) >= 11 is 6.15. The first-order valence-electron chi connectivity index (χ1n) is 11.8. The first-order chi connectivity index (χ1) is 18.0. The smallest absolute Gasteiger partial charge is 0.416 e. The number of esters is 1. The van der Waals surface area contributed by atoms with E-state index in [0.29, 0.717) is 41.7 Å². The predicted molar refractivity (Wildman–Crippen MR) is 136 cm³/mol. The number of rotatable bonds is 7. The van der Waals surface area contributed by atoms with Gasteiger partial charge in [-0.05, 0) is 55.0 Å². The number of ether oxygens (including phenoxy) is 2. The van der Waals surface area contributed by atoms with Crippen LogP contribution in [0.2, 0.25) is 5.02 Å². The fourth-order valence-corrected chi connectivity index (χ4v) is 4.32. The molecule has 7 nitrogen and oxygen atoms in total. The number of pyridine rings is 1. The zero-order valence-corrected chi connectivity index (χ0v) is 21.3. The Hall–Kier alpha value is -3.79. The summed E-state index contributed by atoms with van der Waals surface area (Å²) in [6.07, 6.45) is -2.67. The minimum atomic E-state index is -4.41. The molecule has 1 unspecified atom stereocenters. The van der Waals surface area contributed by atoms with Gasteiger partial charge in [0, 0.05) is 19.2 Å². The van der Waals surface area contributed by atoms with Crippen LogP contribution < -0.4 is 15.0 Å². The van der Waals surface area contributed by atoms with E-state index in [1.165, 1.54) is 31.5 Å². The summed E-state index contributed by atoms with van der Waals surface area (Å²) in [7, 11) is 1.30. The molecule has 1 aliphatic heterocycles. The fourth-order valence-electron chi connectivity index (χ4n) is 4.17. The van der Waals surface area contributed by atoms with E-state index in [1.54, 1.807) is 24.3 Å². The zero-order chi connectivity index (χ0) is 27.4. The van der Waals surface area contributed by atoms with Crippen molar-refractivity contribution in [2.75, 3.05) is 25.1 Å². The van der Waals surface area contributed by atoms with Gasteiger partial charge in [-0.25, -0.2) is 9.78 Å². The maximum atomic E-state index is 13.2. The molecule has 2 heterocycles. The van der Waals surface area contributed by atoms with Gasteiger partial charge in [0.15, 0.2) is 0 Å². The quantitative estimate of drug-likeness (QED) is 0.383. The molecule has 11 heteroatoms. The van der Waals surface area contributed by atoms with Crippen LogP contribution in [-0.2, 0) is 10.9 Å². The molecule has 0 bridgehead atoms. The summed E-state index contributed by atoms with van der Waals surface area (Å²) in [5.74, 6) is -0.0710. The summed E-state index contributed by atoms with van der Waals surface area (Å²) in [6, 6.07) is 12.4. The van der Waals surface area contributed by atoms with Crippen LogP contribution in [0.5, 0.6) is 5.75 Å². The Morgan fingerprint density at radius 2 is 1.82 bits per heavy atom. The number of hydrogen-bond acceptors (Lipinski definition) is 6. The predicted octanol–water partition coefficient (Wildman–Crippen LogP) is 5.69. The highest BCUT2D eigenvalue weighted by molar-refractivity contribution is 6.31. The number of aromatic nitrogens is 1. The number of carbonyl (C=O) groups excluding carboxylic acids is 2. The Morgan fingerprint density at radius 1 is 1.13 bits per heavy atom. The van der Waals surface area contributed by atoms with Crippen LogP contribution in [-0.4, -0.2) is 43.2 Å². The lowest BCUT2D eigenvalue weighted by Crippen LogP contribution is -2.31. The van der Waals surface area contributed by atoms with Crippen molar-refractivity contribution < 1.29 is 32.2 Å². The molecule has 0 aliphatic carbocycles. The van der Waals surface area contributed by atoms with Gasteiger partial charge in [-0.2, -0.15) is 13.2 Å². The first kappa shape index (κ1) is 27.3. The number of hydrogen-bond donors (Lipinski definition) is 1. The summed E-state index contributed by atoms with van der Waals surface area (Å²) in [4.78, 5) is 31.2. The van der Waals surface area contributed by atoms with Crippen molar-refractivity contribution >= 4 is 29.3 Å². The summed E-state index contributed by atoms with van der Waals surface area (Å²) in [5.41, 5.74) is 0.727. The monoisotopic (exact) mass is 547 g/mol. The van der Waals surface area contributed by atoms with E-state index in [0.717, 1.165) is 17.7 Å². The average molecular weight is 548 g/mol. The van der Waals surface area contributed by atoms with E-state index in [1.807, 2.05) is 11.8 Å². The van der Waals surface area contributed by atoms with Gasteiger partial charge in [0.2, 0.25) is 0 Å². The SMILES string of the molecule is COC(=O)c1ccc([C@H](C)NC(=O)c2cc(Cl)cnc2N2CCC(Oc3ccc(C(F)(F)F)cc3)C2)cc1. The lowest BCUT2D eigenvalue weighted by atomic mass is 10.1. The minimum Gasteiger partial charge on any atom is -0.489 e. The van der Waals surface area contributed by atoms with Gasteiger partial charge in [-0.15, -0.1) is 0 Å². The molecule has 0 spiro atoms. The van der Waals surface area contributed by atoms with Crippen LogP contribution in [0.15, 0.2) is 60.8 Å². The van der Waals surface area contributed by atoms with Gasteiger partial charge in [0.05, 0.1) is 41.4 Å². The van der Waals surface area contributed by atoms with E-state index >= 15 is 0 Å². The Bertz CT molecular complexity index is 1300. The van der Waals surface area contributed by atoms with Gasteiger partial charge in [0.1, 0.15) is 17.7 Å². The maximum Gasteiger partial charge on any atom is 0.416 e. The highest BCUT2D eigenvalue weighted by Gasteiger charge is 2.31. The molecule has 1 fully saturated rings. The largest absolute Gasteiger partial charge is 0.489 e. The summed E-state index contributed by atoms with van der Waals surface area (Å²) < 4.78 is 49.0. The molecule has 4 rings (SSSR count). The van der Waals surface area contributed by atoms with E-state index < -0.39 is 17.7 Å². The third-order valence-electron chi connectivity index (χ3n) is 6.19. The van der Waals surface area contributed by atoms with Crippen molar-refractivity contribution in [1.29, 1.82) is 0 Å². The molecule has 1 amide bonds. The lowest BCUT2D eigenvalue weighted by Gasteiger charge is -2.22. The standard InChI is InChI=1S/C27H25ClF3N3O4/c1-16(17-3-5-18(6-4-17)26(36)37-2)33-25(35)23-13-20(28)14-32-24(23)34-12-11-22(15-34)38-21-9-7-19(8-10-21)27(29,30)31/h3-10,13-14,16,22H,11-12,15H2,1-2H3,(H,33,35)/t16-,22?/m0/s1. The molecule has 0 saturated carbocycles. The van der Waals surface area contributed by atoms with Crippen LogP contribution in [0, 0.1) is 0 Å². The Labute approximate surface area is 222 Å². The average Bonchev–Trinajstić information content (AvgIpc) is 3.36. The van der Waals surface area contributed by atoms with Crippen molar-refractivity contribution in [3.05, 3.63) is 88.1 Å². The van der Waals surface area contributed by atoms with Crippen molar-refractivity contribution in [1.82, 2.24) is 10.3 Å². The van der Waals surface area contributed by atoms with Crippen molar-refractivity contribution in [2.24, 2.45) is 0 Å². The number of nitrogens with one attached hydrogen (secondary N) is 1. The highest BCUT2D eigenvalue weighted by atomic mass is 35.5. The highest BCUT2D eigenvalue weighted by Crippen LogP contribution is 2.32. The van der Waals surface area contributed by atoms with Gasteiger partial charge in [-0.1, -0.05) is 23.7 Å². The molecule has 1 saturated heterocycles. The molecule has 3 aromatic rings. The number of nitrogens with zero attached hydrogens (tertiary/aromatic N) is 2. The number of benzene rings is 2. The summed E-state index contributed by atoms with van der Waals surface area (Å²) in [6.45, 7) is 2.73. The molecular weight excluding hydrogens is 523 g/mol. The second-order valence-corrected chi connectivity index (χ2v) is 9.27. The molecule has 2 aromatic carbocycles. The molecule has 38 heavy (non-hydrogen) atoms. The molecule has 0 radical (unpaired) electrons. The first-order valence-corrected chi connectivity index (χ1v) is 12.2. The minimum absolute atomic E-state index is 0.283. The molecule has 2 atom stereocenters. The van der Waals surface area contributed by atoms with E-state index in [9.17, 15) is 22.8 Å². The summed E-state index contributed by atoms with van der Waals surface area (Å²) in [5, 5.41) is 3.23. The normalized spacial score (nSPS) is 16.2. The second-order valence-electron chi connectivity index (χ2n) is 8.83. The van der Waals surface area contributed by atoms with E-state index in [4.69, 9.17) is 21.1 Å². The van der Waals surface area contributed by atoms with Gasteiger partial charge in [0.25, 0.3) is 5.91 Å². The second kappa shape index (κ2) is 11.3. The van der Waals surface area contributed by atoms with Crippen LogP contribution in [0.1, 0.15) is 51.2 Å². The Morgan fingerprint density at radius 3 is 2.45 bits per heavy atom. The number of halogens is 4. The topological polar surface area (TPSA) is 80.8 Å². The third kappa shape index (κ3) is 6.36. The number of anilines is 1. The lowest BCUT2D eigenvalue weighted by molar-refractivity contribution is -0.137. The number of alkyl halides is 3.